The molecule has 0 saturated heterocycles. The quantitative estimate of drug-likeness (QED) is 0.396. The van der Waals surface area contributed by atoms with Gasteiger partial charge in [0.1, 0.15) is 0 Å². The van der Waals surface area contributed by atoms with Crippen LogP contribution in [0.15, 0.2) is 48.5 Å². The molecule has 0 spiro atoms. The highest BCUT2D eigenvalue weighted by atomic mass is 19.4. The predicted molar refractivity (Wildman–Crippen MR) is 132 cm³/mol. The van der Waals surface area contributed by atoms with Gasteiger partial charge < -0.3 is 26.0 Å². The molecule has 0 unspecified atom stereocenters. The molecule has 0 aliphatic carbocycles. The Hall–Kier alpha value is -4.42. The third kappa shape index (κ3) is 8.61. The van der Waals surface area contributed by atoms with E-state index in [1.54, 1.807) is 24.3 Å². The first kappa shape index (κ1) is 26.6. The van der Waals surface area contributed by atoms with Crippen LogP contribution >= 0.6 is 0 Å². The van der Waals surface area contributed by atoms with Gasteiger partial charge in [-0.15, -0.1) is 0 Å². The zero-order valence-corrected chi connectivity index (χ0v) is 20.3. The second-order valence-corrected chi connectivity index (χ2v) is 8.57. The molecule has 2 aliphatic rings. The Balaban J connectivity index is 1.58. The number of amides is 2. The topological polar surface area (TPSA) is 130 Å². The van der Waals surface area contributed by atoms with Crippen molar-refractivity contribution >= 4 is 29.4 Å². The number of rotatable bonds is 2. The lowest BCUT2D eigenvalue weighted by Crippen LogP contribution is -2.25. The van der Waals surface area contributed by atoms with Gasteiger partial charge in [0, 0.05) is 38.2 Å². The number of nitrogens with zero attached hydrogens (tertiary/aromatic N) is 3. The number of nitrogens with one attached hydrogen (secondary N) is 4. The molecule has 5 rings (SSSR count). The summed E-state index contributed by atoms with van der Waals surface area (Å²) in [6.07, 6.45) is -3.66. The average Bonchev–Trinajstić information content (AvgIpc) is 2.88. The number of hydrogen-bond donors (Lipinski definition) is 4. The van der Waals surface area contributed by atoms with Crippen molar-refractivity contribution in [3.8, 4) is 6.01 Å². The summed E-state index contributed by atoms with van der Waals surface area (Å²) in [5.74, 6) is -0.318. The fourth-order valence-electron chi connectivity index (χ4n) is 3.56. The molecule has 4 N–H and O–H groups in total. The molecule has 3 aromatic rings. The van der Waals surface area contributed by atoms with Gasteiger partial charge in [-0.3, -0.25) is 9.59 Å². The van der Waals surface area contributed by atoms with Crippen LogP contribution in [-0.2, 0) is 29.2 Å². The monoisotopic (exact) mass is 529 g/mol. The highest BCUT2D eigenvalue weighted by Gasteiger charge is 2.29. The van der Waals surface area contributed by atoms with Gasteiger partial charge in [0.15, 0.2) is 6.61 Å². The summed E-state index contributed by atoms with van der Waals surface area (Å²) in [5, 5.41) is 11.6. The summed E-state index contributed by atoms with van der Waals surface area (Å²) in [4.78, 5) is 36.5. The first-order valence-electron chi connectivity index (χ1n) is 11.9. The fourth-order valence-corrected chi connectivity index (χ4v) is 3.56. The van der Waals surface area contributed by atoms with E-state index >= 15 is 0 Å². The van der Waals surface area contributed by atoms with E-state index < -0.39 is 18.8 Å². The van der Waals surface area contributed by atoms with Gasteiger partial charge in [0.2, 0.25) is 23.7 Å². The van der Waals surface area contributed by atoms with E-state index in [1.165, 1.54) is 0 Å². The fraction of sp³-hybridized carbons (Fsp3) is 0.320. The molecule has 2 aliphatic heterocycles. The normalized spacial score (nSPS) is 15.1. The Morgan fingerprint density at radius 3 is 2.03 bits per heavy atom. The molecule has 0 fully saturated rings. The van der Waals surface area contributed by atoms with E-state index in [2.05, 4.69) is 36.2 Å². The summed E-state index contributed by atoms with van der Waals surface area (Å²) in [6, 6.07) is 13.9. The molecule has 6 bridgehead atoms. The van der Waals surface area contributed by atoms with Crippen molar-refractivity contribution in [3.63, 3.8) is 0 Å². The van der Waals surface area contributed by atoms with Crippen LogP contribution in [0.3, 0.4) is 0 Å². The maximum absolute atomic E-state index is 12.7. The largest absolute Gasteiger partial charge is 0.454 e. The lowest BCUT2D eigenvalue weighted by atomic mass is 10.1. The maximum Gasteiger partial charge on any atom is 0.422 e. The Labute approximate surface area is 216 Å². The summed E-state index contributed by atoms with van der Waals surface area (Å²) < 4.78 is 42.9. The van der Waals surface area contributed by atoms with Crippen molar-refractivity contribution in [1.82, 2.24) is 25.6 Å². The van der Waals surface area contributed by atoms with Crippen LogP contribution in [0.25, 0.3) is 0 Å². The van der Waals surface area contributed by atoms with E-state index in [0.717, 1.165) is 16.7 Å². The Bertz CT molecular complexity index is 1270. The minimum absolute atomic E-state index is 0.0138. The summed E-state index contributed by atoms with van der Waals surface area (Å²) >= 11 is 0. The van der Waals surface area contributed by atoms with E-state index in [9.17, 15) is 22.8 Å². The molecule has 2 amide bonds. The van der Waals surface area contributed by atoms with Gasteiger partial charge in [-0.25, -0.2) is 0 Å². The number of alkyl halides is 3. The number of aromatic nitrogens is 3. The molecular weight excluding hydrogens is 503 g/mol. The second-order valence-electron chi connectivity index (χ2n) is 8.57. The number of halogens is 3. The molecule has 3 heterocycles. The van der Waals surface area contributed by atoms with Crippen molar-refractivity contribution in [1.29, 1.82) is 0 Å². The van der Waals surface area contributed by atoms with Gasteiger partial charge in [-0.1, -0.05) is 36.4 Å². The van der Waals surface area contributed by atoms with Crippen molar-refractivity contribution in [2.45, 2.75) is 45.1 Å². The molecule has 38 heavy (non-hydrogen) atoms. The lowest BCUT2D eigenvalue weighted by molar-refractivity contribution is -0.154. The van der Waals surface area contributed by atoms with E-state index in [1.807, 2.05) is 24.3 Å². The lowest BCUT2D eigenvalue weighted by Gasteiger charge is -2.13. The number of hydrogen-bond acceptors (Lipinski definition) is 8. The molecule has 10 nitrogen and oxygen atoms in total. The Kier molecular flexibility index (Phi) is 8.56. The van der Waals surface area contributed by atoms with Gasteiger partial charge in [-0.2, -0.15) is 28.1 Å². The number of carbonyl (C=O) groups excluding carboxylic acids is 2. The highest BCUT2D eigenvalue weighted by molar-refractivity contribution is 5.78. The standard InChI is InChI=1S/C25H26F3N7O3/c26-25(27,28)15-38-24-34-22-31-14-18-4-1-3-17(11-18)13-30-21(37)6-2-5-20(36)29-12-16-7-9-19(10-8-16)32-23(33-22)35-24/h1,3-4,7-11H,2,5-6,12-15H2,(H,29,36)(H,30,37)(H2,31,32,33,34,35). The zero-order chi connectivity index (χ0) is 27.0. The average molecular weight is 530 g/mol. The van der Waals surface area contributed by atoms with Crippen LogP contribution in [0, 0.1) is 0 Å². The smallest absolute Gasteiger partial charge is 0.422 e. The van der Waals surface area contributed by atoms with Crippen molar-refractivity contribution < 1.29 is 27.5 Å². The third-order valence-electron chi connectivity index (χ3n) is 5.42. The number of carbonyl (C=O) groups is 2. The van der Waals surface area contributed by atoms with Gasteiger partial charge in [0.05, 0.1) is 0 Å². The first-order valence-corrected chi connectivity index (χ1v) is 11.9. The van der Waals surface area contributed by atoms with Gasteiger partial charge in [-0.05, 0) is 35.2 Å². The van der Waals surface area contributed by atoms with Crippen LogP contribution in [0.1, 0.15) is 36.0 Å². The minimum Gasteiger partial charge on any atom is -0.454 e. The van der Waals surface area contributed by atoms with Crippen molar-refractivity contribution in [2.75, 3.05) is 17.2 Å². The molecular formula is C25H26F3N7O3. The Morgan fingerprint density at radius 2 is 1.37 bits per heavy atom. The third-order valence-corrected chi connectivity index (χ3v) is 5.42. The first-order chi connectivity index (χ1) is 18.2. The minimum atomic E-state index is -4.56. The SMILES string of the molecule is O=C1CCCC(=O)NCc2cccc(c2)CNc2nc(nc(OCC(F)(F)F)n2)Nc2ccc(cc2)CN1. The molecule has 0 radical (unpaired) electrons. The van der Waals surface area contributed by atoms with Crippen molar-refractivity contribution in [3.05, 3.63) is 65.2 Å². The predicted octanol–water partition coefficient (Wildman–Crippen LogP) is 3.58. The molecule has 0 saturated carbocycles. The highest BCUT2D eigenvalue weighted by Crippen LogP contribution is 2.21. The van der Waals surface area contributed by atoms with E-state index in [4.69, 9.17) is 4.74 Å². The molecule has 200 valence electrons. The summed E-state index contributed by atoms with van der Waals surface area (Å²) in [7, 11) is 0. The van der Waals surface area contributed by atoms with Crippen LogP contribution in [0.4, 0.5) is 30.8 Å². The summed E-state index contributed by atoms with van der Waals surface area (Å²) in [5.41, 5.74) is 3.09. The Morgan fingerprint density at radius 1 is 0.763 bits per heavy atom. The second kappa shape index (κ2) is 12.2. The molecule has 0 atom stereocenters. The molecule has 1 aromatic heterocycles. The summed E-state index contributed by atoms with van der Waals surface area (Å²) in [6.45, 7) is -0.682. The van der Waals surface area contributed by atoms with Crippen LogP contribution in [-0.4, -0.2) is 39.5 Å². The number of fused-ring (bicyclic) bond motifs is 11. The van der Waals surface area contributed by atoms with E-state index in [-0.39, 0.29) is 43.1 Å². The van der Waals surface area contributed by atoms with Crippen LogP contribution < -0.4 is 26.0 Å². The maximum atomic E-state index is 12.7. The van der Waals surface area contributed by atoms with Crippen LogP contribution in [0.5, 0.6) is 6.01 Å². The molecule has 13 heteroatoms. The van der Waals surface area contributed by atoms with E-state index in [0.29, 0.717) is 25.2 Å². The van der Waals surface area contributed by atoms with Gasteiger partial charge >= 0.3 is 12.2 Å². The number of benzene rings is 2. The molecule has 2 aromatic carbocycles. The number of ether oxygens (including phenoxy) is 1. The van der Waals surface area contributed by atoms with Gasteiger partial charge in [0.25, 0.3) is 0 Å². The van der Waals surface area contributed by atoms with Crippen molar-refractivity contribution in [2.24, 2.45) is 0 Å². The van der Waals surface area contributed by atoms with Crippen LogP contribution in [0.2, 0.25) is 0 Å². The zero-order valence-electron chi connectivity index (χ0n) is 20.3. The number of anilines is 3.